The van der Waals surface area contributed by atoms with Crippen molar-refractivity contribution < 1.29 is 5.11 Å². The number of hydrogen-bond acceptors (Lipinski definition) is 2. The molecular formula is C13H20BrNO. The Balaban J connectivity index is 2.67. The van der Waals surface area contributed by atoms with Gasteiger partial charge in [0.25, 0.3) is 0 Å². The van der Waals surface area contributed by atoms with E-state index in [1.807, 2.05) is 6.07 Å². The molecule has 0 aliphatic carbocycles. The van der Waals surface area contributed by atoms with Gasteiger partial charge in [-0.25, -0.2) is 0 Å². The Hall–Kier alpha value is -0.380. The summed E-state index contributed by atoms with van der Waals surface area (Å²) in [4.78, 5) is 0. The molecule has 1 unspecified atom stereocenters. The Kier molecular flexibility index (Phi) is 6.03. The first-order valence-electron chi connectivity index (χ1n) is 5.79. The van der Waals surface area contributed by atoms with Crippen LogP contribution in [0.1, 0.15) is 38.3 Å². The summed E-state index contributed by atoms with van der Waals surface area (Å²) in [5, 5.41) is 12.4. The van der Waals surface area contributed by atoms with Crippen LogP contribution in [0.25, 0.3) is 0 Å². The standard InChI is InChI=1S/C13H20BrNO/c1-3-13(15-10(2)7-8-16)11-5-4-6-12(14)9-11/h4-6,9-10,13,15-16H,3,7-8H2,1-2H3/t10-,13?/m1/s1. The third-order valence-corrected chi connectivity index (χ3v) is 3.20. The van der Waals surface area contributed by atoms with Crippen molar-refractivity contribution >= 4 is 15.9 Å². The van der Waals surface area contributed by atoms with Gasteiger partial charge in [0, 0.05) is 23.2 Å². The van der Waals surface area contributed by atoms with Crippen LogP contribution in [0.4, 0.5) is 0 Å². The number of benzene rings is 1. The van der Waals surface area contributed by atoms with E-state index in [-0.39, 0.29) is 6.61 Å². The molecule has 0 radical (unpaired) electrons. The van der Waals surface area contributed by atoms with E-state index >= 15 is 0 Å². The van der Waals surface area contributed by atoms with Crippen molar-refractivity contribution in [1.82, 2.24) is 5.32 Å². The van der Waals surface area contributed by atoms with Crippen molar-refractivity contribution in [2.75, 3.05) is 6.61 Å². The van der Waals surface area contributed by atoms with Crippen molar-refractivity contribution in [2.24, 2.45) is 0 Å². The minimum absolute atomic E-state index is 0.239. The first-order chi connectivity index (χ1) is 7.67. The minimum Gasteiger partial charge on any atom is -0.396 e. The van der Waals surface area contributed by atoms with E-state index in [2.05, 4.69) is 53.3 Å². The van der Waals surface area contributed by atoms with Gasteiger partial charge >= 0.3 is 0 Å². The van der Waals surface area contributed by atoms with Gasteiger partial charge in [0.2, 0.25) is 0 Å². The highest BCUT2D eigenvalue weighted by Gasteiger charge is 2.12. The molecule has 16 heavy (non-hydrogen) atoms. The van der Waals surface area contributed by atoms with Crippen molar-refractivity contribution in [3.63, 3.8) is 0 Å². The molecule has 2 nitrogen and oxygen atoms in total. The van der Waals surface area contributed by atoms with Crippen LogP contribution in [-0.4, -0.2) is 17.8 Å². The molecule has 0 bridgehead atoms. The van der Waals surface area contributed by atoms with Gasteiger partial charge in [-0.15, -0.1) is 0 Å². The molecule has 0 aliphatic heterocycles. The fraction of sp³-hybridized carbons (Fsp3) is 0.538. The van der Waals surface area contributed by atoms with E-state index in [0.717, 1.165) is 17.3 Å². The molecule has 2 N–H and O–H groups in total. The molecule has 0 saturated heterocycles. The molecule has 0 heterocycles. The maximum Gasteiger partial charge on any atom is 0.0445 e. The number of nitrogens with one attached hydrogen (secondary N) is 1. The lowest BCUT2D eigenvalue weighted by Gasteiger charge is -2.22. The SMILES string of the molecule is CCC(N[C@H](C)CCO)c1cccc(Br)c1. The second-order valence-electron chi connectivity index (χ2n) is 4.10. The molecule has 0 fully saturated rings. The molecule has 0 saturated carbocycles. The van der Waals surface area contributed by atoms with Crippen molar-refractivity contribution in [1.29, 1.82) is 0 Å². The van der Waals surface area contributed by atoms with Gasteiger partial charge in [0.1, 0.15) is 0 Å². The molecule has 1 aromatic carbocycles. The number of halogens is 1. The van der Waals surface area contributed by atoms with Crippen LogP contribution in [-0.2, 0) is 0 Å². The highest BCUT2D eigenvalue weighted by Crippen LogP contribution is 2.21. The average molecular weight is 286 g/mol. The van der Waals surface area contributed by atoms with Crippen LogP contribution >= 0.6 is 15.9 Å². The maximum absolute atomic E-state index is 8.89. The van der Waals surface area contributed by atoms with Crippen molar-refractivity contribution in [2.45, 2.75) is 38.8 Å². The highest BCUT2D eigenvalue weighted by molar-refractivity contribution is 9.10. The Morgan fingerprint density at radius 1 is 1.44 bits per heavy atom. The Bertz CT molecular complexity index is 317. The third-order valence-electron chi connectivity index (χ3n) is 2.71. The van der Waals surface area contributed by atoms with E-state index in [4.69, 9.17) is 5.11 Å². The fourth-order valence-electron chi connectivity index (χ4n) is 1.79. The van der Waals surface area contributed by atoms with Gasteiger partial charge in [0.15, 0.2) is 0 Å². The smallest absolute Gasteiger partial charge is 0.0445 e. The van der Waals surface area contributed by atoms with Gasteiger partial charge in [0.05, 0.1) is 0 Å². The van der Waals surface area contributed by atoms with Crippen molar-refractivity contribution in [3.8, 4) is 0 Å². The van der Waals surface area contributed by atoms with Crippen LogP contribution in [0.2, 0.25) is 0 Å². The molecule has 0 aliphatic rings. The Morgan fingerprint density at radius 3 is 2.75 bits per heavy atom. The lowest BCUT2D eigenvalue weighted by atomic mass is 10.0. The summed E-state index contributed by atoms with van der Waals surface area (Å²) < 4.78 is 1.11. The molecule has 1 rings (SSSR count). The zero-order chi connectivity index (χ0) is 12.0. The molecule has 0 spiro atoms. The molecular weight excluding hydrogens is 266 g/mol. The second-order valence-corrected chi connectivity index (χ2v) is 5.01. The van der Waals surface area contributed by atoms with E-state index in [0.29, 0.717) is 12.1 Å². The van der Waals surface area contributed by atoms with Crippen molar-refractivity contribution in [3.05, 3.63) is 34.3 Å². The second kappa shape index (κ2) is 7.05. The number of aliphatic hydroxyl groups is 1. The summed E-state index contributed by atoms with van der Waals surface area (Å²) in [6, 6.07) is 9.08. The molecule has 3 heteroatoms. The molecule has 0 aromatic heterocycles. The van der Waals surface area contributed by atoms with Gasteiger partial charge < -0.3 is 10.4 Å². The Labute approximate surface area is 106 Å². The molecule has 90 valence electrons. The van der Waals surface area contributed by atoms with Gasteiger partial charge in [-0.2, -0.15) is 0 Å². The zero-order valence-corrected chi connectivity index (χ0v) is 11.5. The first-order valence-corrected chi connectivity index (χ1v) is 6.59. The monoisotopic (exact) mass is 285 g/mol. The number of aliphatic hydroxyl groups excluding tert-OH is 1. The van der Waals surface area contributed by atoms with E-state index in [1.165, 1.54) is 5.56 Å². The molecule has 1 aromatic rings. The van der Waals surface area contributed by atoms with Crippen LogP contribution in [0.3, 0.4) is 0 Å². The lowest BCUT2D eigenvalue weighted by molar-refractivity contribution is 0.262. The summed E-state index contributed by atoms with van der Waals surface area (Å²) >= 11 is 3.49. The largest absolute Gasteiger partial charge is 0.396 e. The fourth-order valence-corrected chi connectivity index (χ4v) is 2.21. The quantitative estimate of drug-likeness (QED) is 0.841. The Morgan fingerprint density at radius 2 is 2.19 bits per heavy atom. The zero-order valence-electron chi connectivity index (χ0n) is 9.91. The van der Waals surface area contributed by atoms with E-state index in [1.54, 1.807) is 0 Å². The van der Waals surface area contributed by atoms with Gasteiger partial charge in [-0.1, -0.05) is 35.0 Å². The minimum atomic E-state index is 0.239. The summed E-state index contributed by atoms with van der Waals surface area (Å²) in [5.41, 5.74) is 1.29. The maximum atomic E-state index is 8.89. The molecule has 0 amide bonds. The van der Waals surface area contributed by atoms with Crippen LogP contribution in [0, 0.1) is 0 Å². The average Bonchev–Trinajstić information content (AvgIpc) is 2.26. The normalized spacial score (nSPS) is 14.8. The summed E-state index contributed by atoms with van der Waals surface area (Å²) in [6.45, 7) is 4.52. The predicted octanol–water partition coefficient (Wildman–Crippen LogP) is 3.26. The van der Waals surface area contributed by atoms with Gasteiger partial charge in [-0.3, -0.25) is 0 Å². The summed E-state index contributed by atoms with van der Waals surface area (Å²) in [6.07, 6.45) is 1.84. The van der Waals surface area contributed by atoms with Crippen LogP contribution < -0.4 is 5.32 Å². The predicted molar refractivity (Wildman–Crippen MR) is 71.5 cm³/mol. The topological polar surface area (TPSA) is 32.3 Å². The number of rotatable bonds is 6. The first kappa shape index (κ1) is 13.7. The highest BCUT2D eigenvalue weighted by atomic mass is 79.9. The summed E-state index contributed by atoms with van der Waals surface area (Å²) in [5.74, 6) is 0. The van der Waals surface area contributed by atoms with E-state index < -0.39 is 0 Å². The number of hydrogen-bond donors (Lipinski definition) is 2. The van der Waals surface area contributed by atoms with Crippen LogP contribution in [0.5, 0.6) is 0 Å². The summed E-state index contributed by atoms with van der Waals surface area (Å²) in [7, 11) is 0. The lowest BCUT2D eigenvalue weighted by Crippen LogP contribution is -2.31. The third kappa shape index (κ3) is 4.24. The van der Waals surface area contributed by atoms with E-state index in [9.17, 15) is 0 Å². The molecule has 2 atom stereocenters. The van der Waals surface area contributed by atoms with Gasteiger partial charge in [-0.05, 0) is 37.5 Å². The van der Waals surface area contributed by atoms with Crippen LogP contribution in [0.15, 0.2) is 28.7 Å².